The summed E-state index contributed by atoms with van der Waals surface area (Å²) in [6.45, 7) is -0.356. The lowest BCUT2D eigenvalue weighted by molar-refractivity contribution is 0.0593. The van der Waals surface area contributed by atoms with Crippen LogP contribution in [0.4, 0.5) is 0 Å². The molecule has 0 bridgehead atoms. The standard InChI is InChI=1S/C19H19NO7S/c1-26-18-11-13(7-8-28(23,24)25)3-5-15(18)6-4-14-9-16(12-21)20-17(10-14)19(22)27-2/h3,5,9-11,21H,7-8,12H2,1-2H3,(H,23,24,25). The van der Waals surface area contributed by atoms with Crippen molar-refractivity contribution in [1.82, 2.24) is 4.98 Å². The van der Waals surface area contributed by atoms with Gasteiger partial charge in [0.05, 0.1) is 37.8 Å². The van der Waals surface area contributed by atoms with Gasteiger partial charge in [0.15, 0.2) is 0 Å². The van der Waals surface area contributed by atoms with Crippen LogP contribution in [0.1, 0.15) is 32.9 Å². The second-order valence-electron chi connectivity index (χ2n) is 5.70. The Hall–Kier alpha value is -2.93. The number of aliphatic hydroxyl groups is 1. The molecule has 2 aromatic rings. The molecule has 0 aliphatic heterocycles. The van der Waals surface area contributed by atoms with Crippen LogP contribution in [-0.2, 0) is 27.9 Å². The molecule has 0 saturated heterocycles. The van der Waals surface area contributed by atoms with Crippen molar-refractivity contribution in [2.75, 3.05) is 20.0 Å². The van der Waals surface area contributed by atoms with Crippen molar-refractivity contribution >= 4 is 16.1 Å². The molecule has 0 saturated carbocycles. The zero-order valence-electron chi connectivity index (χ0n) is 15.3. The first-order valence-corrected chi connectivity index (χ1v) is 9.71. The summed E-state index contributed by atoms with van der Waals surface area (Å²) in [6.07, 6.45) is 0.135. The molecule has 0 aliphatic rings. The lowest BCUT2D eigenvalue weighted by Gasteiger charge is -2.06. The number of carbonyl (C=O) groups is 1. The van der Waals surface area contributed by atoms with E-state index in [2.05, 4.69) is 21.6 Å². The van der Waals surface area contributed by atoms with Crippen molar-refractivity contribution in [3.05, 3.63) is 58.4 Å². The van der Waals surface area contributed by atoms with E-state index in [1.807, 2.05) is 0 Å². The number of pyridine rings is 1. The number of rotatable bonds is 6. The Bertz CT molecular complexity index is 1040. The fourth-order valence-electron chi connectivity index (χ4n) is 2.33. The van der Waals surface area contributed by atoms with Crippen molar-refractivity contribution in [3.8, 4) is 17.6 Å². The topological polar surface area (TPSA) is 123 Å². The van der Waals surface area contributed by atoms with Crippen molar-refractivity contribution in [2.24, 2.45) is 0 Å². The Morgan fingerprint density at radius 2 is 1.93 bits per heavy atom. The van der Waals surface area contributed by atoms with Gasteiger partial charge in [0, 0.05) is 5.56 Å². The molecular formula is C19H19NO7S. The molecule has 0 atom stereocenters. The average Bonchev–Trinajstić information content (AvgIpc) is 2.69. The van der Waals surface area contributed by atoms with Crippen LogP contribution in [0.25, 0.3) is 0 Å². The Kier molecular flexibility index (Phi) is 7.12. The summed E-state index contributed by atoms with van der Waals surface area (Å²) < 4.78 is 40.5. The van der Waals surface area contributed by atoms with Crippen molar-refractivity contribution in [3.63, 3.8) is 0 Å². The zero-order valence-corrected chi connectivity index (χ0v) is 16.1. The fourth-order valence-corrected chi connectivity index (χ4v) is 2.82. The zero-order chi connectivity index (χ0) is 20.7. The number of hydrogen-bond donors (Lipinski definition) is 2. The third-order valence-corrected chi connectivity index (χ3v) is 4.41. The third-order valence-electron chi connectivity index (χ3n) is 3.69. The predicted molar refractivity (Wildman–Crippen MR) is 101 cm³/mol. The molecule has 0 unspecified atom stereocenters. The highest BCUT2D eigenvalue weighted by Crippen LogP contribution is 2.20. The van der Waals surface area contributed by atoms with Gasteiger partial charge in [0.2, 0.25) is 0 Å². The number of aliphatic hydroxyl groups excluding tert-OH is 1. The maximum Gasteiger partial charge on any atom is 0.356 e. The minimum Gasteiger partial charge on any atom is -0.495 e. The molecule has 148 valence electrons. The smallest absolute Gasteiger partial charge is 0.356 e. The van der Waals surface area contributed by atoms with Crippen LogP contribution in [-0.4, -0.2) is 49.0 Å². The highest BCUT2D eigenvalue weighted by atomic mass is 32.2. The first kappa shape index (κ1) is 21.4. The Balaban J connectivity index is 2.33. The number of nitrogens with zero attached hydrogens (tertiary/aromatic N) is 1. The summed E-state index contributed by atoms with van der Waals surface area (Å²) in [5, 5.41) is 9.30. The molecular weight excluding hydrogens is 386 g/mol. The average molecular weight is 405 g/mol. The first-order chi connectivity index (χ1) is 13.3. The first-order valence-electron chi connectivity index (χ1n) is 8.10. The van der Waals surface area contributed by atoms with Gasteiger partial charge in [-0.3, -0.25) is 4.55 Å². The molecule has 1 heterocycles. The van der Waals surface area contributed by atoms with Crippen molar-refractivity contribution < 1.29 is 32.3 Å². The molecule has 1 aromatic heterocycles. The lowest BCUT2D eigenvalue weighted by atomic mass is 10.1. The van der Waals surface area contributed by atoms with Crippen molar-refractivity contribution in [2.45, 2.75) is 13.0 Å². The van der Waals surface area contributed by atoms with Gasteiger partial charge in [0.1, 0.15) is 11.4 Å². The summed E-state index contributed by atoms with van der Waals surface area (Å²) in [6, 6.07) is 7.99. The molecule has 9 heteroatoms. The van der Waals surface area contributed by atoms with Gasteiger partial charge < -0.3 is 14.6 Å². The summed E-state index contributed by atoms with van der Waals surface area (Å²) in [4.78, 5) is 15.7. The number of carbonyl (C=O) groups excluding carboxylic acids is 1. The number of esters is 1. The summed E-state index contributed by atoms with van der Waals surface area (Å²) in [7, 11) is -1.36. The third kappa shape index (κ3) is 6.06. The van der Waals surface area contributed by atoms with Gasteiger partial charge in [-0.1, -0.05) is 17.9 Å². The van der Waals surface area contributed by atoms with Crippen LogP contribution in [0.2, 0.25) is 0 Å². The van der Waals surface area contributed by atoms with Crippen molar-refractivity contribution in [1.29, 1.82) is 0 Å². The van der Waals surface area contributed by atoms with Gasteiger partial charge in [-0.05, 0) is 36.2 Å². The minimum absolute atomic E-state index is 0.0332. The maximum atomic E-state index is 11.7. The molecule has 28 heavy (non-hydrogen) atoms. The predicted octanol–water partition coefficient (Wildman–Crippen LogP) is 1.20. The summed E-state index contributed by atoms with van der Waals surface area (Å²) in [5.41, 5.74) is 1.97. The van der Waals surface area contributed by atoms with E-state index in [4.69, 9.17) is 9.29 Å². The van der Waals surface area contributed by atoms with Crippen LogP contribution in [0.3, 0.4) is 0 Å². The van der Waals surface area contributed by atoms with E-state index in [1.54, 1.807) is 24.3 Å². The number of aryl methyl sites for hydroxylation is 1. The number of benzene rings is 1. The van der Waals surface area contributed by atoms with Gasteiger partial charge >= 0.3 is 5.97 Å². The van der Waals surface area contributed by atoms with Crippen LogP contribution < -0.4 is 4.74 Å². The van der Waals surface area contributed by atoms with E-state index >= 15 is 0 Å². The lowest BCUT2D eigenvalue weighted by Crippen LogP contribution is -2.07. The summed E-state index contributed by atoms with van der Waals surface area (Å²) in [5.74, 6) is 5.20. The molecule has 2 rings (SSSR count). The molecule has 1 aromatic carbocycles. The SMILES string of the molecule is COC(=O)c1cc(C#Cc2ccc(CCS(=O)(=O)O)cc2OC)cc(CO)n1. The Labute approximate surface area is 162 Å². The van der Waals surface area contributed by atoms with Crippen LogP contribution in [0.15, 0.2) is 30.3 Å². The second-order valence-corrected chi connectivity index (χ2v) is 7.27. The molecule has 0 radical (unpaired) electrons. The number of methoxy groups -OCH3 is 2. The van der Waals surface area contributed by atoms with Crippen LogP contribution >= 0.6 is 0 Å². The van der Waals surface area contributed by atoms with Gasteiger partial charge in [-0.2, -0.15) is 8.42 Å². The van der Waals surface area contributed by atoms with E-state index in [0.717, 1.165) is 0 Å². The van der Waals surface area contributed by atoms with E-state index in [0.29, 0.717) is 22.4 Å². The molecule has 2 N–H and O–H groups in total. The normalized spacial score (nSPS) is 10.7. The number of ether oxygens (including phenoxy) is 2. The van der Waals surface area contributed by atoms with Gasteiger partial charge in [-0.25, -0.2) is 9.78 Å². The van der Waals surface area contributed by atoms with Crippen LogP contribution in [0, 0.1) is 11.8 Å². The molecule has 0 fully saturated rings. The molecule has 8 nitrogen and oxygen atoms in total. The maximum absolute atomic E-state index is 11.7. The van der Waals surface area contributed by atoms with E-state index < -0.39 is 21.8 Å². The van der Waals surface area contributed by atoms with E-state index in [1.165, 1.54) is 20.3 Å². The Morgan fingerprint density at radius 1 is 1.18 bits per heavy atom. The molecule has 0 amide bonds. The largest absolute Gasteiger partial charge is 0.495 e. The highest BCUT2D eigenvalue weighted by molar-refractivity contribution is 7.85. The highest BCUT2D eigenvalue weighted by Gasteiger charge is 2.10. The Morgan fingerprint density at radius 3 is 2.54 bits per heavy atom. The van der Waals surface area contributed by atoms with Gasteiger partial charge in [-0.15, -0.1) is 0 Å². The second kappa shape index (κ2) is 9.32. The van der Waals surface area contributed by atoms with Crippen LogP contribution in [0.5, 0.6) is 5.75 Å². The van der Waals surface area contributed by atoms with E-state index in [-0.39, 0.29) is 24.4 Å². The number of aromatic nitrogens is 1. The molecule has 0 aliphatic carbocycles. The quantitative estimate of drug-likeness (QED) is 0.417. The van der Waals surface area contributed by atoms with E-state index in [9.17, 15) is 18.3 Å². The van der Waals surface area contributed by atoms with Gasteiger partial charge in [0.25, 0.3) is 10.1 Å². The fraction of sp³-hybridized carbons (Fsp3) is 0.263. The minimum atomic E-state index is -4.05. The monoisotopic (exact) mass is 405 g/mol. The molecule has 0 spiro atoms. The number of hydrogen-bond acceptors (Lipinski definition) is 7. The summed E-state index contributed by atoms with van der Waals surface area (Å²) >= 11 is 0.